The Kier molecular flexibility index (Phi) is 33.4. The number of hydrogen-bond acceptors (Lipinski definition) is 19. The van der Waals surface area contributed by atoms with Crippen LogP contribution in [-0.2, 0) is 91.6 Å². The van der Waals surface area contributed by atoms with E-state index in [2.05, 4.69) is 30.3 Å². The Hall–Kier alpha value is -4.80. The summed E-state index contributed by atoms with van der Waals surface area (Å²) < 4.78 is 28.4. The maximum atomic E-state index is 12.8. The lowest BCUT2D eigenvalue weighted by Gasteiger charge is -2.27. The molecule has 0 heterocycles. The first-order valence-electron chi connectivity index (χ1n) is 23.6. The van der Waals surface area contributed by atoms with Crippen LogP contribution >= 0.6 is 47.3 Å². The van der Waals surface area contributed by atoms with Crippen LogP contribution in [0.2, 0.25) is 6.82 Å². The van der Waals surface area contributed by atoms with Gasteiger partial charge in [-0.05, 0) is 74.6 Å². The molecule has 0 bridgehead atoms. The van der Waals surface area contributed by atoms with Crippen LogP contribution in [0.25, 0.3) is 0 Å². The van der Waals surface area contributed by atoms with Crippen LogP contribution in [-0.4, -0.2) is 133 Å². The summed E-state index contributed by atoms with van der Waals surface area (Å²) in [5.74, 6) is -4.07. The molecule has 0 aliphatic heterocycles. The van der Waals surface area contributed by atoms with Crippen molar-refractivity contribution in [2.45, 2.75) is 115 Å². The van der Waals surface area contributed by atoms with Crippen molar-refractivity contribution >= 4 is 108 Å². The lowest BCUT2D eigenvalue weighted by atomic mass is 10.0. The van der Waals surface area contributed by atoms with E-state index in [0.717, 1.165) is 18.6 Å². The number of amides is 4. The van der Waals surface area contributed by atoms with Gasteiger partial charge in [-0.15, -0.1) is 0 Å². The van der Waals surface area contributed by atoms with Crippen molar-refractivity contribution in [3.05, 3.63) is 58.7 Å². The molecule has 0 spiro atoms. The number of rotatable bonds is 36. The molecule has 29 heteroatoms. The van der Waals surface area contributed by atoms with E-state index in [9.17, 15) is 53.4 Å². The van der Waals surface area contributed by atoms with Gasteiger partial charge in [0.05, 0.1) is 60.4 Å². The van der Waals surface area contributed by atoms with E-state index in [4.69, 9.17) is 18.2 Å². The number of aromatic hydroxyl groups is 2. The van der Waals surface area contributed by atoms with Crippen LogP contribution in [0.4, 0.5) is 4.79 Å². The molecular weight excluding hydrogens is 1060 g/mol. The highest BCUT2D eigenvalue weighted by Gasteiger charge is 2.27. The van der Waals surface area contributed by atoms with E-state index >= 15 is 0 Å². The highest BCUT2D eigenvalue weighted by molar-refractivity contribution is 7.11. The molecule has 409 valence electrons. The second kappa shape index (κ2) is 37.9. The SMILES string of the molecule is C[B]OC(=O)C(CCC(=O)OP)NC(=O)NC(CCCCNC(=O)CCCCCNC(=O)CCc1ccc(O)c(CN(CCN(CC(=O)OP)Cc2cc(CCC(=O)OP)ccc2O)CC(=O)OP)c1)C(=O)OP. The van der Waals surface area contributed by atoms with Gasteiger partial charge >= 0.3 is 49.3 Å². The van der Waals surface area contributed by atoms with E-state index in [-0.39, 0.29) is 101 Å². The van der Waals surface area contributed by atoms with Crippen molar-refractivity contribution in [2.24, 2.45) is 0 Å². The fourth-order valence-electron chi connectivity index (χ4n) is 7.19. The minimum atomic E-state index is -1.20. The molecule has 23 nitrogen and oxygen atoms in total. The van der Waals surface area contributed by atoms with Gasteiger partial charge in [-0.3, -0.25) is 43.4 Å². The van der Waals surface area contributed by atoms with Crippen LogP contribution in [0.15, 0.2) is 36.4 Å². The Labute approximate surface area is 443 Å². The molecule has 0 saturated carbocycles. The largest absolute Gasteiger partial charge is 0.538 e. The van der Waals surface area contributed by atoms with Gasteiger partial charge in [-0.2, -0.15) is 0 Å². The molecule has 0 aliphatic carbocycles. The van der Waals surface area contributed by atoms with Crippen LogP contribution in [0.3, 0.4) is 0 Å². The van der Waals surface area contributed by atoms with E-state index < -0.39 is 53.9 Å². The number of nitrogens with zero attached hydrogens (tertiary/aromatic N) is 2. The quantitative estimate of drug-likeness (QED) is 0.0325. The summed E-state index contributed by atoms with van der Waals surface area (Å²) >= 11 is 0. The van der Waals surface area contributed by atoms with Gasteiger partial charge in [-0.25, -0.2) is 9.59 Å². The smallest absolute Gasteiger partial charge is 0.370 e. The topological polar surface area (TPSA) is 304 Å². The number of carbonyl (C=O) groups is 9. The molecule has 2 rings (SSSR count). The van der Waals surface area contributed by atoms with Crippen molar-refractivity contribution in [3.63, 3.8) is 0 Å². The van der Waals surface area contributed by atoms with Crippen molar-refractivity contribution in [2.75, 3.05) is 39.3 Å². The van der Waals surface area contributed by atoms with Crippen molar-refractivity contribution in [3.8, 4) is 11.5 Å². The van der Waals surface area contributed by atoms with Crippen LogP contribution < -0.4 is 21.3 Å². The molecule has 1 radical (unpaired) electrons. The lowest BCUT2D eigenvalue weighted by molar-refractivity contribution is -0.138. The number of aryl methyl sites for hydroxylation is 2. The van der Waals surface area contributed by atoms with Gasteiger partial charge in [0.2, 0.25) is 11.8 Å². The Bertz CT molecular complexity index is 2170. The predicted octanol–water partition coefficient (Wildman–Crippen LogP) is 2.92. The number of nitrogens with one attached hydrogen (secondary N) is 4. The third-order valence-electron chi connectivity index (χ3n) is 11.1. The van der Waals surface area contributed by atoms with Gasteiger partial charge < -0.3 is 58.8 Å². The Morgan fingerprint density at radius 2 is 1.03 bits per heavy atom. The van der Waals surface area contributed by atoms with Crippen LogP contribution in [0.1, 0.15) is 92.9 Å². The van der Waals surface area contributed by atoms with Gasteiger partial charge in [-0.1, -0.05) is 37.5 Å². The molecule has 6 N–H and O–H groups in total. The van der Waals surface area contributed by atoms with E-state index in [1.165, 1.54) is 19.0 Å². The first kappa shape index (κ1) is 65.3. The Balaban J connectivity index is 1.81. The second-order valence-electron chi connectivity index (χ2n) is 16.7. The maximum Gasteiger partial charge on any atom is 0.370 e. The molecule has 0 fully saturated rings. The van der Waals surface area contributed by atoms with Gasteiger partial charge in [0.15, 0.2) is 0 Å². The van der Waals surface area contributed by atoms with Crippen molar-refractivity contribution in [1.29, 1.82) is 0 Å². The molecule has 74 heavy (non-hydrogen) atoms. The molecule has 2 aromatic carbocycles. The summed E-state index contributed by atoms with van der Waals surface area (Å²) in [5.41, 5.74) is 2.54. The average molecular weight is 1130 g/mol. The maximum absolute atomic E-state index is 12.8. The fourth-order valence-corrected chi connectivity index (χ4v) is 7.74. The highest BCUT2D eigenvalue weighted by Crippen LogP contribution is 2.24. The zero-order chi connectivity index (χ0) is 54.8. The lowest BCUT2D eigenvalue weighted by Crippen LogP contribution is -2.51. The summed E-state index contributed by atoms with van der Waals surface area (Å²) in [5, 5.41) is 32.1. The zero-order valence-corrected chi connectivity index (χ0v) is 47.1. The van der Waals surface area contributed by atoms with Crippen LogP contribution in [0, 0.1) is 0 Å². The summed E-state index contributed by atoms with van der Waals surface area (Å²) in [4.78, 5) is 114. The molecule has 2 aromatic rings. The van der Waals surface area contributed by atoms with Gasteiger partial charge in [0.1, 0.15) is 23.6 Å². The fraction of sp³-hybridized carbons (Fsp3) is 0.533. The molecule has 0 aliphatic rings. The predicted molar refractivity (Wildman–Crippen MR) is 287 cm³/mol. The molecule has 7 unspecified atom stereocenters. The molecule has 7 atom stereocenters. The number of benzene rings is 2. The summed E-state index contributed by atoms with van der Waals surface area (Å²) in [6.45, 7) is 2.56. The number of carbonyl (C=O) groups excluding carboxylic acids is 9. The Morgan fingerprint density at radius 1 is 0.554 bits per heavy atom. The van der Waals surface area contributed by atoms with Gasteiger partial charge in [0, 0.05) is 76.1 Å². The summed E-state index contributed by atoms with van der Waals surface area (Å²) in [6, 6.07) is 6.80. The minimum absolute atomic E-state index is 0.0108. The number of hydrogen-bond donors (Lipinski definition) is 6. The molecule has 0 saturated heterocycles. The van der Waals surface area contributed by atoms with E-state index in [0.29, 0.717) is 69.2 Å². The number of unbranched alkanes of at least 4 members (excludes halogenated alkanes) is 3. The van der Waals surface area contributed by atoms with Crippen molar-refractivity contribution < 1.29 is 80.6 Å². The summed E-state index contributed by atoms with van der Waals surface area (Å²) in [7, 11) is 10.5. The van der Waals surface area contributed by atoms with Crippen molar-refractivity contribution in [1.82, 2.24) is 31.1 Å². The zero-order valence-electron chi connectivity index (χ0n) is 41.3. The monoisotopic (exact) mass is 1130 g/mol. The third kappa shape index (κ3) is 27.7. The van der Waals surface area contributed by atoms with E-state index in [1.54, 1.807) is 43.5 Å². The first-order chi connectivity index (χ1) is 35.4. The minimum Gasteiger partial charge on any atom is -0.538 e. The molecular formula is C45H69BN6O17P5. The van der Waals surface area contributed by atoms with Crippen LogP contribution in [0.5, 0.6) is 11.5 Å². The van der Waals surface area contributed by atoms with E-state index in [1.807, 2.05) is 37.9 Å². The third-order valence-corrected chi connectivity index (χ3v) is 12.4. The Morgan fingerprint density at radius 3 is 1.53 bits per heavy atom. The first-order valence-corrected chi connectivity index (χ1v) is 25.9. The van der Waals surface area contributed by atoms with Gasteiger partial charge in [0.25, 0.3) is 0 Å². The normalized spacial score (nSPS) is 11.6. The second-order valence-corrected chi connectivity index (χ2v) is 17.9. The standard InChI is InChI=1S/C45H69BN6O17P5/c1-46-64-43(61)34(13-18-40(58)66-71)50-45(63)49-33(44(62)69-74)7-4-6-20-47-37(55)8-3-2-5-19-48-38(56)16-11-29-9-14-35(53)31(23-29)25-51(27-41(59)67-72)21-22-52(28-42(60)68-73)26-32-24-30(10-15-36(32)54)12-17-39(57)65-70/h9-10,14-15,23-24,33-34,53-54H,2-8,11-13,16-22,25-28,70-74H2,1H3,(H,47,55)(H,48,56)(H2,49,50,63). The average Bonchev–Trinajstić information content (AvgIpc) is 3.39. The molecule has 4 amide bonds. The number of phenols is 2. The highest BCUT2D eigenvalue weighted by atomic mass is 31.0. The summed E-state index contributed by atoms with van der Waals surface area (Å²) in [6.07, 6.45) is 4.02. The number of urea groups is 1. The number of phenolic OH excluding ortho intramolecular Hbond substituents is 2. The molecule has 0 aromatic heterocycles.